The van der Waals surface area contributed by atoms with Crippen LogP contribution in [0, 0.1) is 20.8 Å². The molecular formula is C27H26ClN3O. The number of aryl methyl sites for hydroxylation is 3. The van der Waals surface area contributed by atoms with Crippen molar-refractivity contribution in [3.05, 3.63) is 93.8 Å². The van der Waals surface area contributed by atoms with Gasteiger partial charge < -0.3 is 9.47 Å². The van der Waals surface area contributed by atoms with E-state index in [0.717, 1.165) is 29.1 Å². The largest absolute Gasteiger partial charge is 0.323 e. The number of hydrogen-bond acceptors (Lipinski definition) is 2. The first-order valence-corrected chi connectivity index (χ1v) is 11.4. The number of carbonyl (C=O) groups excluding carboxylic acids is 1. The van der Waals surface area contributed by atoms with Crippen LogP contribution in [0.2, 0.25) is 5.02 Å². The van der Waals surface area contributed by atoms with Crippen molar-refractivity contribution >= 4 is 34.2 Å². The Labute approximate surface area is 193 Å². The molecule has 1 fully saturated rings. The summed E-state index contributed by atoms with van der Waals surface area (Å²) in [5.41, 5.74) is 8.14. The minimum absolute atomic E-state index is 0.0386. The molecule has 1 aliphatic heterocycles. The van der Waals surface area contributed by atoms with Gasteiger partial charge in [-0.1, -0.05) is 41.4 Å². The maximum Gasteiger partial charge on any atom is 0.227 e. The lowest BCUT2D eigenvalue weighted by atomic mass is 9.99. The van der Waals surface area contributed by atoms with Crippen molar-refractivity contribution in [2.24, 2.45) is 0 Å². The van der Waals surface area contributed by atoms with Gasteiger partial charge in [0.15, 0.2) is 0 Å². The number of hydrogen-bond donors (Lipinski definition) is 0. The average molecular weight is 444 g/mol. The average Bonchev–Trinajstić information content (AvgIpc) is 3.32. The van der Waals surface area contributed by atoms with Crippen molar-refractivity contribution in [2.45, 2.75) is 39.7 Å². The molecule has 5 heteroatoms. The highest BCUT2D eigenvalue weighted by atomic mass is 35.5. The first kappa shape index (κ1) is 20.8. The number of nitrogens with zero attached hydrogens (tertiary/aromatic N) is 3. The van der Waals surface area contributed by atoms with E-state index in [-0.39, 0.29) is 11.8 Å². The fraction of sp³-hybridized carbons (Fsp3) is 0.259. The highest BCUT2D eigenvalue weighted by molar-refractivity contribution is 6.30. The highest BCUT2D eigenvalue weighted by Gasteiger charge is 2.35. The summed E-state index contributed by atoms with van der Waals surface area (Å²) in [6.07, 6.45) is 0.456. The summed E-state index contributed by atoms with van der Waals surface area (Å²) >= 11 is 6.04. The van der Waals surface area contributed by atoms with Crippen LogP contribution in [-0.4, -0.2) is 22.0 Å². The van der Waals surface area contributed by atoms with Crippen LogP contribution in [-0.2, 0) is 11.3 Å². The monoisotopic (exact) mass is 443 g/mol. The summed E-state index contributed by atoms with van der Waals surface area (Å²) in [5.74, 6) is 1.14. The summed E-state index contributed by atoms with van der Waals surface area (Å²) in [6, 6.07) is 20.2. The van der Waals surface area contributed by atoms with Crippen molar-refractivity contribution in [1.82, 2.24) is 9.55 Å². The number of anilines is 1. The van der Waals surface area contributed by atoms with Gasteiger partial charge in [0.2, 0.25) is 5.91 Å². The molecule has 1 unspecified atom stereocenters. The molecule has 3 aromatic carbocycles. The van der Waals surface area contributed by atoms with Gasteiger partial charge >= 0.3 is 0 Å². The third-order valence-corrected chi connectivity index (χ3v) is 6.72. The van der Waals surface area contributed by atoms with Gasteiger partial charge in [0.25, 0.3) is 0 Å². The molecule has 1 aromatic heterocycles. The van der Waals surface area contributed by atoms with Gasteiger partial charge in [-0.2, -0.15) is 0 Å². The second-order valence-corrected chi connectivity index (χ2v) is 9.24. The number of rotatable bonds is 4. The lowest BCUT2D eigenvalue weighted by Crippen LogP contribution is -2.24. The second kappa shape index (κ2) is 8.10. The summed E-state index contributed by atoms with van der Waals surface area (Å²) in [5, 5.41) is 0.669. The van der Waals surface area contributed by atoms with Gasteiger partial charge in [0.1, 0.15) is 5.82 Å². The first-order valence-electron chi connectivity index (χ1n) is 11.0. The van der Waals surface area contributed by atoms with E-state index in [1.54, 1.807) is 0 Å². The third kappa shape index (κ3) is 3.69. The minimum Gasteiger partial charge on any atom is -0.323 e. The summed E-state index contributed by atoms with van der Waals surface area (Å²) < 4.78 is 2.31. The van der Waals surface area contributed by atoms with Crippen LogP contribution in [0.3, 0.4) is 0 Å². The lowest BCUT2D eigenvalue weighted by molar-refractivity contribution is -0.117. The maximum atomic E-state index is 12.9. The van der Waals surface area contributed by atoms with Crippen LogP contribution in [0.1, 0.15) is 40.4 Å². The van der Waals surface area contributed by atoms with E-state index in [9.17, 15) is 4.79 Å². The van der Waals surface area contributed by atoms with Gasteiger partial charge in [-0.05, 0) is 73.9 Å². The number of fused-ring (bicyclic) bond motifs is 1. The van der Waals surface area contributed by atoms with Crippen LogP contribution < -0.4 is 4.90 Å². The first-order chi connectivity index (χ1) is 15.4. The maximum absolute atomic E-state index is 12.9. The summed E-state index contributed by atoms with van der Waals surface area (Å²) in [7, 11) is 0. The molecule has 5 rings (SSSR count). The van der Waals surface area contributed by atoms with E-state index in [1.165, 1.54) is 22.3 Å². The van der Waals surface area contributed by atoms with Crippen LogP contribution in [0.15, 0.2) is 60.7 Å². The Hall–Kier alpha value is -3.11. The number of para-hydroxylation sites is 2. The number of carbonyl (C=O) groups is 1. The Morgan fingerprint density at radius 3 is 2.41 bits per heavy atom. The molecule has 0 bridgehead atoms. The van der Waals surface area contributed by atoms with Crippen LogP contribution in [0.25, 0.3) is 11.0 Å². The van der Waals surface area contributed by atoms with Gasteiger partial charge in [-0.25, -0.2) is 4.98 Å². The third-order valence-electron chi connectivity index (χ3n) is 6.47. The molecular weight excluding hydrogens is 418 g/mol. The molecule has 2 heterocycles. The Balaban J connectivity index is 1.55. The van der Waals surface area contributed by atoms with E-state index >= 15 is 0 Å². The zero-order valence-corrected chi connectivity index (χ0v) is 19.4. The molecule has 1 saturated heterocycles. The fourth-order valence-electron chi connectivity index (χ4n) is 4.94. The molecule has 162 valence electrons. The van der Waals surface area contributed by atoms with Gasteiger partial charge in [0.05, 0.1) is 11.0 Å². The Morgan fingerprint density at radius 2 is 1.69 bits per heavy atom. The quantitative estimate of drug-likeness (QED) is 0.377. The summed E-state index contributed by atoms with van der Waals surface area (Å²) in [4.78, 5) is 19.8. The molecule has 32 heavy (non-hydrogen) atoms. The molecule has 0 saturated carbocycles. The standard InChI is InChI=1S/C27H26ClN3O/c1-17-12-18(2)23(19(3)13-17)16-31-25-7-5-4-6-24(25)29-27(31)20-14-26(32)30(15-20)22-10-8-21(28)9-11-22/h4-13,20H,14-16H2,1-3H3. The Kier molecular flexibility index (Phi) is 5.26. The molecule has 1 amide bonds. The zero-order chi connectivity index (χ0) is 22.4. The predicted molar refractivity (Wildman–Crippen MR) is 131 cm³/mol. The summed E-state index contributed by atoms with van der Waals surface area (Å²) in [6.45, 7) is 7.86. The normalized spacial score (nSPS) is 16.3. The molecule has 0 aliphatic carbocycles. The molecule has 1 aliphatic rings. The molecule has 4 nitrogen and oxygen atoms in total. The second-order valence-electron chi connectivity index (χ2n) is 8.80. The number of imidazole rings is 1. The number of amides is 1. The number of aromatic nitrogens is 2. The van der Waals surface area contributed by atoms with E-state index in [0.29, 0.717) is 18.0 Å². The van der Waals surface area contributed by atoms with Gasteiger partial charge in [0, 0.05) is 36.1 Å². The van der Waals surface area contributed by atoms with E-state index in [2.05, 4.69) is 55.7 Å². The highest BCUT2D eigenvalue weighted by Crippen LogP contribution is 2.34. The Morgan fingerprint density at radius 1 is 1.00 bits per heavy atom. The number of benzene rings is 3. The SMILES string of the molecule is Cc1cc(C)c(Cn2c(C3CC(=O)N(c4ccc(Cl)cc4)C3)nc3ccccc32)c(C)c1. The van der Waals surface area contributed by atoms with E-state index < -0.39 is 0 Å². The van der Waals surface area contributed by atoms with Crippen LogP contribution in [0.5, 0.6) is 0 Å². The predicted octanol–water partition coefficient (Wildman–Crippen LogP) is 6.18. The van der Waals surface area contributed by atoms with Crippen molar-refractivity contribution in [2.75, 3.05) is 11.4 Å². The molecule has 0 N–H and O–H groups in total. The smallest absolute Gasteiger partial charge is 0.227 e. The molecule has 0 radical (unpaired) electrons. The zero-order valence-electron chi connectivity index (χ0n) is 18.6. The van der Waals surface area contributed by atoms with Crippen molar-refractivity contribution in [1.29, 1.82) is 0 Å². The van der Waals surface area contributed by atoms with Crippen molar-refractivity contribution in [3.63, 3.8) is 0 Å². The van der Waals surface area contributed by atoms with Crippen molar-refractivity contribution < 1.29 is 4.79 Å². The van der Waals surface area contributed by atoms with Crippen LogP contribution in [0.4, 0.5) is 5.69 Å². The minimum atomic E-state index is 0.0386. The van der Waals surface area contributed by atoms with Gasteiger partial charge in [-0.3, -0.25) is 4.79 Å². The lowest BCUT2D eigenvalue weighted by Gasteiger charge is -2.19. The number of halogens is 1. The van der Waals surface area contributed by atoms with E-state index in [1.807, 2.05) is 35.2 Å². The van der Waals surface area contributed by atoms with Crippen molar-refractivity contribution in [3.8, 4) is 0 Å². The van der Waals surface area contributed by atoms with E-state index in [4.69, 9.17) is 16.6 Å². The topological polar surface area (TPSA) is 38.1 Å². The molecule has 4 aromatic rings. The van der Waals surface area contributed by atoms with Gasteiger partial charge in [-0.15, -0.1) is 0 Å². The van der Waals surface area contributed by atoms with Crippen LogP contribution >= 0.6 is 11.6 Å². The fourth-order valence-corrected chi connectivity index (χ4v) is 5.07. The molecule has 1 atom stereocenters. The molecule has 0 spiro atoms. The Bertz CT molecular complexity index is 1300.